The van der Waals surface area contributed by atoms with Gasteiger partial charge in [-0.1, -0.05) is 6.07 Å². The monoisotopic (exact) mass is 462 g/mol. The van der Waals surface area contributed by atoms with E-state index in [4.69, 9.17) is 14.2 Å². The van der Waals surface area contributed by atoms with Crippen LogP contribution in [0.1, 0.15) is 43.2 Å². The van der Waals surface area contributed by atoms with Gasteiger partial charge in [-0.05, 0) is 80.3 Å². The number of aromatic nitrogens is 1. The Morgan fingerprint density at radius 3 is 2.59 bits per heavy atom. The molecular formula is C28H34N2O4. The van der Waals surface area contributed by atoms with E-state index in [2.05, 4.69) is 23.5 Å². The Morgan fingerprint density at radius 2 is 1.79 bits per heavy atom. The fraction of sp³-hybridized carbons (Fsp3) is 0.464. The fourth-order valence-electron chi connectivity index (χ4n) is 5.31. The van der Waals surface area contributed by atoms with E-state index in [9.17, 15) is 4.79 Å². The lowest BCUT2D eigenvalue weighted by Gasteiger charge is -2.29. The summed E-state index contributed by atoms with van der Waals surface area (Å²) in [5.74, 6) is 3.14. The van der Waals surface area contributed by atoms with Crippen LogP contribution in [0, 0.1) is 12.8 Å². The summed E-state index contributed by atoms with van der Waals surface area (Å²) in [5, 5.41) is 4.84. The molecule has 0 radical (unpaired) electrons. The normalized spacial score (nSPS) is 19.8. The van der Waals surface area contributed by atoms with Crippen molar-refractivity contribution >= 4 is 10.9 Å². The van der Waals surface area contributed by atoms with E-state index in [1.807, 2.05) is 29.7 Å². The Hall–Kier alpha value is -2.99. The number of nitrogens with zero attached hydrogens (tertiary/aromatic N) is 1. The van der Waals surface area contributed by atoms with Crippen molar-refractivity contribution in [1.82, 2.24) is 9.88 Å². The van der Waals surface area contributed by atoms with Gasteiger partial charge in [-0.3, -0.25) is 4.79 Å². The van der Waals surface area contributed by atoms with E-state index in [0.717, 1.165) is 53.2 Å². The van der Waals surface area contributed by atoms with Crippen LogP contribution in [0.15, 0.2) is 47.3 Å². The fourth-order valence-corrected chi connectivity index (χ4v) is 5.31. The van der Waals surface area contributed by atoms with Gasteiger partial charge in [0, 0.05) is 36.7 Å². The minimum absolute atomic E-state index is 0.0769. The first kappa shape index (κ1) is 22.8. The standard InChI is InChI=1S/C28H34N2O4/c1-19-15-28(31)30(25-17-23(32-2)8-9-24(19)25)12-11-20-3-6-22(7-4-20)29-18-21-5-10-26-27(16-21)34-14-13-33-26/h5,8-10,15-17,20,22,29H,3-4,6-7,11-14,18H2,1-2H3. The second-order valence-electron chi connectivity index (χ2n) is 9.57. The summed E-state index contributed by atoms with van der Waals surface area (Å²) in [6, 6.07) is 14.5. The zero-order valence-electron chi connectivity index (χ0n) is 20.1. The lowest BCUT2D eigenvalue weighted by molar-refractivity contribution is 0.171. The molecule has 6 heteroatoms. The van der Waals surface area contributed by atoms with Crippen LogP contribution >= 0.6 is 0 Å². The molecule has 0 bridgehead atoms. The summed E-state index contributed by atoms with van der Waals surface area (Å²) < 4.78 is 18.7. The van der Waals surface area contributed by atoms with E-state index >= 15 is 0 Å². The lowest BCUT2D eigenvalue weighted by Crippen LogP contribution is -2.33. The summed E-state index contributed by atoms with van der Waals surface area (Å²) in [5.41, 5.74) is 3.29. The van der Waals surface area contributed by atoms with Gasteiger partial charge >= 0.3 is 0 Å². The van der Waals surface area contributed by atoms with Crippen molar-refractivity contribution in [1.29, 1.82) is 0 Å². The average Bonchev–Trinajstić information content (AvgIpc) is 2.87. The SMILES string of the molecule is COc1ccc2c(C)cc(=O)n(CCC3CCC(NCc4ccc5c(c4)OCCO5)CC3)c2c1. The Balaban J connectivity index is 1.15. The van der Waals surface area contributed by atoms with Crippen LogP contribution in [0.2, 0.25) is 0 Å². The van der Waals surface area contributed by atoms with Crippen LogP contribution in [-0.4, -0.2) is 30.9 Å². The Kier molecular flexibility index (Phi) is 6.77. The molecule has 1 aliphatic carbocycles. The van der Waals surface area contributed by atoms with Gasteiger partial charge < -0.3 is 24.1 Å². The highest BCUT2D eigenvalue weighted by Crippen LogP contribution is 2.32. The number of aryl methyl sites for hydroxylation is 2. The molecule has 2 aromatic carbocycles. The summed E-state index contributed by atoms with van der Waals surface area (Å²) in [6.07, 6.45) is 5.77. The number of nitrogens with one attached hydrogen (secondary N) is 1. The smallest absolute Gasteiger partial charge is 0.251 e. The molecule has 1 fully saturated rings. The summed E-state index contributed by atoms with van der Waals surface area (Å²) in [7, 11) is 1.67. The maximum atomic E-state index is 12.8. The van der Waals surface area contributed by atoms with Gasteiger partial charge in [0.2, 0.25) is 0 Å². The number of hydrogen-bond acceptors (Lipinski definition) is 5. The first-order chi connectivity index (χ1) is 16.6. The molecule has 3 aromatic rings. The summed E-state index contributed by atoms with van der Waals surface area (Å²) in [4.78, 5) is 12.8. The van der Waals surface area contributed by atoms with Crippen molar-refractivity contribution in [2.45, 2.75) is 58.2 Å². The molecule has 0 atom stereocenters. The van der Waals surface area contributed by atoms with Gasteiger partial charge in [0.15, 0.2) is 11.5 Å². The molecule has 5 rings (SSSR count). The Labute approximate surface area is 200 Å². The lowest BCUT2D eigenvalue weighted by atomic mass is 9.84. The van der Waals surface area contributed by atoms with E-state index in [-0.39, 0.29) is 5.56 Å². The average molecular weight is 463 g/mol. The molecule has 2 aliphatic rings. The zero-order chi connectivity index (χ0) is 23.5. The third kappa shape index (κ3) is 4.92. The van der Waals surface area contributed by atoms with Crippen molar-refractivity contribution in [3.05, 3.63) is 63.9 Å². The van der Waals surface area contributed by atoms with E-state index in [1.54, 1.807) is 13.2 Å². The molecule has 0 saturated heterocycles. The predicted octanol–water partition coefficient (Wildman–Crippen LogP) is 4.83. The van der Waals surface area contributed by atoms with Crippen LogP contribution in [0.25, 0.3) is 10.9 Å². The minimum Gasteiger partial charge on any atom is -0.497 e. The Morgan fingerprint density at radius 1 is 1.00 bits per heavy atom. The van der Waals surface area contributed by atoms with Gasteiger partial charge in [0.25, 0.3) is 5.56 Å². The van der Waals surface area contributed by atoms with Crippen LogP contribution in [0.3, 0.4) is 0 Å². The predicted molar refractivity (Wildman–Crippen MR) is 134 cm³/mol. The number of methoxy groups -OCH3 is 1. The number of benzene rings is 2. The van der Waals surface area contributed by atoms with Crippen molar-refractivity contribution < 1.29 is 14.2 Å². The molecule has 1 saturated carbocycles. The number of rotatable bonds is 7. The van der Waals surface area contributed by atoms with E-state index in [0.29, 0.717) is 25.2 Å². The maximum Gasteiger partial charge on any atom is 0.251 e. The number of ether oxygens (including phenoxy) is 3. The quantitative estimate of drug-likeness (QED) is 0.545. The van der Waals surface area contributed by atoms with E-state index < -0.39 is 0 Å². The van der Waals surface area contributed by atoms with Crippen molar-refractivity contribution in [2.75, 3.05) is 20.3 Å². The molecule has 0 amide bonds. The molecule has 34 heavy (non-hydrogen) atoms. The van der Waals surface area contributed by atoms with Crippen molar-refractivity contribution in [3.8, 4) is 17.2 Å². The highest BCUT2D eigenvalue weighted by atomic mass is 16.6. The van der Waals surface area contributed by atoms with Gasteiger partial charge in [-0.25, -0.2) is 0 Å². The molecule has 180 valence electrons. The first-order valence-electron chi connectivity index (χ1n) is 12.4. The maximum absolute atomic E-state index is 12.8. The van der Waals surface area contributed by atoms with Gasteiger partial charge in [-0.15, -0.1) is 0 Å². The van der Waals surface area contributed by atoms with Crippen LogP contribution < -0.4 is 25.1 Å². The molecule has 1 aliphatic heterocycles. The third-order valence-corrected chi connectivity index (χ3v) is 7.34. The molecule has 1 aromatic heterocycles. The third-order valence-electron chi connectivity index (χ3n) is 7.34. The van der Waals surface area contributed by atoms with Crippen LogP contribution in [0.4, 0.5) is 0 Å². The number of fused-ring (bicyclic) bond motifs is 2. The Bertz CT molecular complexity index is 1210. The van der Waals surface area contributed by atoms with Crippen LogP contribution in [0.5, 0.6) is 17.2 Å². The van der Waals surface area contributed by atoms with Crippen LogP contribution in [-0.2, 0) is 13.1 Å². The van der Waals surface area contributed by atoms with Gasteiger partial charge in [-0.2, -0.15) is 0 Å². The van der Waals surface area contributed by atoms with Gasteiger partial charge in [0.05, 0.1) is 12.6 Å². The number of pyridine rings is 1. The highest BCUT2D eigenvalue weighted by molar-refractivity contribution is 5.83. The zero-order valence-corrected chi connectivity index (χ0v) is 20.1. The molecule has 0 spiro atoms. The molecular weight excluding hydrogens is 428 g/mol. The summed E-state index contributed by atoms with van der Waals surface area (Å²) >= 11 is 0. The van der Waals surface area contributed by atoms with E-state index in [1.165, 1.54) is 31.2 Å². The van der Waals surface area contributed by atoms with Crippen molar-refractivity contribution in [2.24, 2.45) is 5.92 Å². The summed E-state index contributed by atoms with van der Waals surface area (Å²) in [6.45, 7) is 4.84. The molecule has 6 nitrogen and oxygen atoms in total. The highest BCUT2D eigenvalue weighted by Gasteiger charge is 2.21. The molecule has 1 N–H and O–H groups in total. The first-order valence-corrected chi connectivity index (χ1v) is 12.4. The minimum atomic E-state index is 0.0769. The molecule has 2 heterocycles. The topological polar surface area (TPSA) is 61.7 Å². The van der Waals surface area contributed by atoms with Gasteiger partial charge in [0.1, 0.15) is 19.0 Å². The van der Waals surface area contributed by atoms with Crippen molar-refractivity contribution in [3.63, 3.8) is 0 Å². The molecule has 0 unspecified atom stereocenters. The largest absolute Gasteiger partial charge is 0.497 e. The second kappa shape index (κ2) is 10.1. The number of hydrogen-bond donors (Lipinski definition) is 1. The second-order valence-corrected chi connectivity index (χ2v) is 9.57.